The van der Waals surface area contributed by atoms with E-state index in [0.29, 0.717) is 17.8 Å². The van der Waals surface area contributed by atoms with Crippen LogP contribution in [0.3, 0.4) is 0 Å². The van der Waals surface area contributed by atoms with Gasteiger partial charge < -0.3 is 9.73 Å². The molecule has 0 amide bonds. The van der Waals surface area contributed by atoms with Crippen molar-refractivity contribution >= 4 is 11.6 Å². The molecule has 0 aliphatic heterocycles. The van der Waals surface area contributed by atoms with Crippen molar-refractivity contribution in [2.24, 2.45) is 0 Å². The summed E-state index contributed by atoms with van der Waals surface area (Å²) in [5, 5.41) is 11.4. The maximum atomic E-state index is 5.76. The van der Waals surface area contributed by atoms with E-state index in [2.05, 4.69) is 38.7 Å². The Morgan fingerprint density at radius 1 is 1.15 bits per heavy atom. The van der Waals surface area contributed by atoms with Gasteiger partial charge in [-0.05, 0) is 56.4 Å². The maximum Gasteiger partial charge on any atom is 0.315 e. The minimum Gasteiger partial charge on any atom is -0.403 e. The van der Waals surface area contributed by atoms with Crippen LogP contribution in [0.1, 0.15) is 55.1 Å². The van der Waals surface area contributed by atoms with Crippen molar-refractivity contribution in [3.8, 4) is 11.5 Å². The number of hydrogen-bond acceptors (Lipinski definition) is 6. The number of fused-ring (bicyclic) bond motifs is 1. The second-order valence-electron chi connectivity index (χ2n) is 7.51. The highest BCUT2D eigenvalue weighted by molar-refractivity contribution is 5.84. The molecule has 3 aromatic rings. The normalized spacial score (nSPS) is 15.7. The number of hydrogen-bond donors (Lipinski definition) is 1. The third-order valence-electron chi connectivity index (χ3n) is 4.93. The Hall–Kier alpha value is -3.02. The number of anilines is 1. The van der Waals surface area contributed by atoms with Gasteiger partial charge in [0.05, 0.1) is 17.6 Å². The fraction of sp³-hybridized carbons (Fsp3) is 0.333. The standard InChI is InChI=1S/C21H21N5O/c1-12(2)23-21-26-25-20(27-21)15-6-3-13-7-8-16(17(13)9-15)19-11-22-10-18(24-19)14-4-5-14/h3,6,8-12,14H,4-5,7H2,1-2H3,(H,23,26). The minimum absolute atomic E-state index is 0.241. The van der Waals surface area contributed by atoms with Gasteiger partial charge in [0.15, 0.2) is 0 Å². The predicted molar refractivity (Wildman–Crippen MR) is 103 cm³/mol. The summed E-state index contributed by atoms with van der Waals surface area (Å²) in [6.07, 6.45) is 9.34. The number of nitrogens with zero attached hydrogens (tertiary/aromatic N) is 4. The van der Waals surface area contributed by atoms with Gasteiger partial charge in [-0.25, -0.2) is 4.98 Å². The van der Waals surface area contributed by atoms with Crippen LogP contribution >= 0.6 is 0 Å². The van der Waals surface area contributed by atoms with Crippen molar-refractivity contribution in [1.29, 1.82) is 0 Å². The molecule has 0 saturated heterocycles. The van der Waals surface area contributed by atoms with Crippen molar-refractivity contribution in [2.45, 2.75) is 45.1 Å². The van der Waals surface area contributed by atoms with Gasteiger partial charge in [0, 0.05) is 29.3 Å². The van der Waals surface area contributed by atoms with E-state index in [4.69, 9.17) is 9.40 Å². The number of allylic oxidation sites excluding steroid dienone is 1. The van der Waals surface area contributed by atoms with Crippen LogP contribution in [0, 0.1) is 0 Å². The number of aromatic nitrogens is 4. The molecule has 2 aromatic heterocycles. The summed E-state index contributed by atoms with van der Waals surface area (Å²) in [6, 6.07) is 6.97. The molecule has 1 saturated carbocycles. The fourth-order valence-electron chi connectivity index (χ4n) is 3.43. The van der Waals surface area contributed by atoms with Crippen LogP contribution in [0.5, 0.6) is 0 Å². The molecule has 136 valence electrons. The van der Waals surface area contributed by atoms with Crippen LogP contribution < -0.4 is 5.32 Å². The molecule has 0 bridgehead atoms. The first-order chi connectivity index (χ1) is 13.2. The SMILES string of the molecule is CC(C)Nc1nnc(-c2ccc3c(c2)C(c2cncc(C4CC4)n2)=CC3)o1. The van der Waals surface area contributed by atoms with Gasteiger partial charge >= 0.3 is 6.01 Å². The molecule has 2 aliphatic carbocycles. The fourth-order valence-corrected chi connectivity index (χ4v) is 3.43. The zero-order valence-corrected chi connectivity index (χ0v) is 15.4. The lowest BCUT2D eigenvalue weighted by Crippen LogP contribution is -2.09. The Morgan fingerprint density at radius 2 is 2.04 bits per heavy atom. The van der Waals surface area contributed by atoms with Crippen LogP contribution in [0.4, 0.5) is 6.01 Å². The first-order valence-corrected chi connectivity index (χ1v) is 9.43. The van der Waals surface area contributed by atoms with Crippen molar-refractivity contribution in [1.82, 2.24) is 20.2 Å². The molecule has 2 aliphatic rings. The van der Waals surface area contributed by atoms with Gasteiger partial charge in [-0.3, -0.25) is 4.98 Å². The van der Waals surface area contributed by atoms with Gasteiger partial charge in [0.2, 0.25) is 5.89 Å². The summed E-state index contributed by atoms with van der Waals surface area (Å²) in [5.41, 5.74) is 6.57. The van der Waals surface area contributed by atoms with Crippen LogP contribution in [0.15, 0.2) is 41.1 Å². The summed E-state index contributed by atoms with van der Waals surface area (Å²) in [4.78, 5) is 9.29. The third kappa shape index (κ3) is 3.12. The molecule has 27 heavy (non-hydrogen) atoms. The first-order valence-electron chi connectivity index (χ1n) is 9.43. The molecule has 1 N–H and O–H groups in total. The Kier molecular flexibility index (Phi) is 3.77. The quantitative estimate of drug-likeness (QED) is 0.735. The van der Waals surface area contributed by atoms with Crippen LogP contribution in [0.25, 0.3) is 17.0 Å². The topological polar surface area (TPSA) is 76.7 Å². The van der Waals surface area contributed by atoms with E-state index >= 15 is 0 Å². The molecule has 1 fully saturated rings. The maximum absolute atomic E-state index is 5.76. The predicted octanol–water partition coefficient (Wildman–Crippen LogP) is 4.21. The van der Waals surface area contributed by atoms with E-state index < -0.39 is 0 Å². The van der Waals surface area contributed by atoms with Crippen LogP contribution in [-0.2, 0) is 6.42 Å². The summed E-state index contributed by atoms with van der Waals surface area (Å²) in [5.74, 6) is 1.11. The third-order valence-corrected chi connectivity index (χ3v) is 4.93. The van der Waals surface area contributed by atoms with Gasteiger partial charge in [0.25, 0.3) is 0 Å². The van der Waals surface area contributed by atoms with Crippen molar-refractivity contribution < 1.29 is 4.42 Å². The highest BCUT2D eigenvalue weighted by atomic mass is 16.4. The molecule has 6 nitrogen and oxygen atoms in total. The Balaban J connectivity index is 1.48. The van der Waals surface area contributed by atoms with E-state index in [0.717, 1.165) is 28.9 Å². The van der Waals surface area contributed by atoms with Crippen molar-refractivity contribution in [3.63, 3.8) is 0 Å². The molecule has 0 spiro atoms. The van der Waals surface area contributed by atoms with Crippen molar-refractivity contribution in [3.05, 3.63) is 59.2 Å². The number of rotatable bonds is 5. The van der Waals surface area contributed by atoms with E-state index in [-0.39, 0.29) is 6.04 Å². The molecule has 5 rings (SSSR count). The smallest absolute Gasteiger partial charge is 0.315 e. The summed E-state index contributed by atoms with van der Waals surface area (Å²) >= 11 is 0. The Morgan fingerprint density at radius 3 is 2.85 bits per heavy atom. The van der Waals surface area contributed by atoms with E-state index in [1.807, 2.05) is 32.3 Å². The molecule has 0 atom stereocenters. The summed E-state index contributed by atoms with van der Waals surface area (Å²) in [6.45, 7) is 4.07. The molecule has 0 radical (unpaired) electrons. The number of nitrogens with one attached hydrogen (secondary N) is 1. The van der Waals surface area contributed by atoms with Gasteiger partial charge in [-0.15, -0.1) is 5.10 Å². The van der Waals surface area contributed by atoms with Crippen LogP contribution in [-0.4, -0.2) is 26.2 Å². The summed E-state index contributed by atoms with van der Waals surface area (Å²) in [7, 11) is 0. The molecule has 6 heteroatoms. The van der Waals surface area contributed by atoms with E-state index in [9.17, 15) is 0 Å². The second-order valence-corrected chi connectivity index (χ2v) is 7.51. The Bertz CT molecular complexity index is 1030. The van der Waals surface area contributed by atoms with Gasteiger partial charge in [-0.1, -0.05) is 17.2 Å². The zero-order chi connectivity index (χ0) is 18.4. The second kappa shape index (κ2) is 6.30. The lowest BCUT2D eigenvalue weighted by molar-refractivity contribution is 0.574. The average Bonchev–Trinajstić information content (AvgIpc) is 3.28. The highest BCUT2D eigenvalue weighted by Gasteiger charge is 2.26. The average molecular weight is 359 g/mol. The molecular weight excluding hydrogens is 338 g/mol. The Labute approximate surface area is 157 Å². The zero-order valence-electron chi connectivity index (χ0n) is 15.4. The van der Waals surface area contributed by atoms with Gasteiger partial charge in [-0.2, -0.15) is 0 Å². The van der Waals surface area contributed by atoms with Gasteiger partial charge in [0.1, 0.15) is 0 Å². The largest absolute Gasteiger partial charge is 0.403 e. The molecular formula is C21H21N5O. The molecule has 0 unspecified atom stereocenters. The van der Waals surface area contributed by atoms with Crippen molar-refractivity contribution in [2.75, 3.05) is 5.32 Å². The number of benzene rings is 1. The van der Waals surface area contributed by atoms with E-state index in [1.54, 1.807) is 0 Å². The van der Waals surface area contributed by atoms with Crippen LogP contribution in [0.2, 0.25) is 0 Å². The lowest BCUT2D eigenvalue weighted by Gasteiger charge is -2.08. The highest BCUT2D eigenvalue weighted by Crippen LogP contribution is 2.40. The molecule has 2 heterocycles. The monoisotopic (exact) mass is 359 g/mol. The molecule has 1 aromatic carbocycles. The van der Waals surface area contributed by atoms with E-state index in [1.165, 1.54) is 24.0 Å². The first kappa shape index (κ1) is 16.2. The summed E-state index contributed by atoms with van der Waals surface area (Å²) < 4.78 is 5.76. The minimum atomic E-state index is 0.241. The lowest BCUT2D eigenvalue weighted by atomic mass is 10.0.